The van der Waals surface area contributed by atoms with Gasteiger partial charge in [-0.25, -0.2) is 0 Å². The van der Waals surface area contributed by atoms with Gasteiger partial charge in [0.15, 0.2) is 0 Å². The summed E-state index contributed by atoms with van der Waals surface area (Å²) in [5.74, 6) is 0.724. The Morgan fingerprint density at radius 1 is 1.07 bits per heavy atom. The Balaban J connectivity index is 1.56. The van der Waals surface area contributed by atoms with Crippen molar-refractivity contribution in [2.75, 3.05) is 23.0 Å². The minimum atomic E-state index is -0.207. The van der Waals surface area contributed by atoms with E-state index < -0.39 is 0 Å². The Morgan fingerprint density at radius 3 is 2.55 bits per heavy atom. The second-order valence-electron chi connectivity index (χ2n) is 5.90. The van der Waals surface area contributed by atoms with E-state index in [-0.39, 0.29) is 17.6 Å². The third-order valence-electron chi connectivity index (χ3n) is 3.65. The first-order valence-corrected chi connectivity index (χ1v) is 9.89. The molecule has 0 fully saturated rings. The first kappa shape index (κ1) is 20.4. The number of rotatable bonds is 8. The summed E-state index contributed by atoms with van der Waals surface area (Å²) in [6, 6.07) is 14.3. The molecule has 0 aliphatic carbocycles. The minimum absolute atomic E-state index is 0.115. The SMILES string of the molecule is CCOc1ccccc1NC(=O)CSc1nnc(-c2ccc(NC(C)=O)cc2)o1. The summed E-state index contributed by atoms with van der Waals surface area (Å²) in [7, 11) is 0. The second kappa shape index (κ2) is 9.74. The molecule has 0 bridgehead atoms. The zero-order valence-electron chi connectivity index (χ0n) is 16.0. The highest BCUT2D eigenvalue weighted by Crippen LogP contribution is 2.26. The van der Waals surface area contributed by atoms with Crippen LogP contribution in [0.5, 0.6) is 5.75 Å². The molecule has 2 N–H and O–H groups in total. The fourth-order valence-corrected chi connectivity index (χ4v) is 3.01. The molecule has 9 heteroatoms. The van der Waals surface area contributed by atoms with Crippen LogP contribution in [0.2, 0.25) is 0 Å². The van der Waals surface area contributed by atoms with Crippen molar-refractivity contribution < 1.29 is 18.7 Å². The van der Waals surface area contributed by atoms with Crippen LogP contribution < -0.4 is 15.4 Å². The lowest BCUT2D eigenvalue weighted by Crippen LogP contribution is -2.14. The summed E-state index contributed by atoms with van der Waals surface area (Å²) in [5.41, 5.74) is 2.01. The molecule has 0 spiro atoms. The molecule has 0 unspecified atom stereocenters. The lowest BCUT2D eigenvalue weighted by molar-refractivity contribution is -0.114. The number of amides is 2. The highest BCUT2D eigenvalue weighted by atomic mass is 32.2. The smallest absolute Gasteiger partial charge is 0.277 e. The summed E-state index contributed by atoms with van der Waals surface area (Å²) in [4.78, 5) is 23.3. The van der Waals surface area contributed by atoms with Crippen molar-refractivity contribution in [1.82, 2.24) is 10.2 Å². The van der Waals surface area contributed by atoms with Gasteiger partial charge in [-0.05, 0) is 43.3 Å². The molecule has 0 atom stereocenters. The fourth-order valence-electron chi connectivity index (χ4n) is 2.45. The normalized spacial score (nSPS) is 10.4. The zero-order chi connectivity index (χ0) is 20.6. The molecule has 1 heterocycles. The van der Waals surface area contributed by atoms with Gasteiger partial charge in [0.05, 0.1) is 18.0 Å². The Labute approximate surface area is 172 Å². The molecule has 2 aromatic carbocycles. The summed E-state index contributed by atoms with van der Waals surface area (Å²) in [6.07, 6.45) is 0. The van der Waals surface area contributed by atoms with Crippen molar-refractivity contribution in [3.8, 4) is 17.2 Å². The number of para-hydroxylation sites is 2. The van der Waals surface area contributed by atoms with Crippen LogP contribution in [0.1, 0.15) is 13.8 Å². The van der Waals surface area contributed by atoms with E-state index in [9.17, 15) is 9.59 Å². The van der Waals surface area contributed by atoms with Crippen molar-refractivity contribution in [2.45, 2.75) is 19.1 Å². The number of nitrogens with one attached hydrogen (secondary N) is 2. The van der Waals surface area contributed by atoms with Crippen LogP contribution in [0, 0.1) is 0 Å². The van der Waals surface area contributed by atoms with Crippen LogP contribution >= 0.6 is 11.8 Å². The number of anilines is 2. The van der Waals surface area contributed by atoms with Crippen molar-refractivity contribution in [2.24, 2.45) is 0 Å². The molecule has 0 radical (unpaired) electrons. The van der Waals surface area contributed by atoms with E-state index >= 15 is 0 Å². The Hall–Kier alpha value is -3.33. The van der Waals surface area contributed by atoms with Gasteiger partial charge in [-0.2, -0.15) is 0 Å². The topological polar surface area (TPSA) is 106 Å². The van der Waals surface area contributed by atoms with Crippen LogP contribution in [-0.4, -0.2) is 34.4 Å². The maximum Gasteiger partial charge on any atom is 0.277 e. The molecular weight excluding hydrogens is 392 g/mol. The van der Waals surface area contributed by atoms with E-state index in [1.807, 2.05) is 19.1 Å². The quantitative estimate of drug-likeness (QED) is 0.542. The number of benzene rings is 2. The largest absolute Gasteiger partial charge is 0.492 e. The van der Waals surface area contributed by atoms with Crippen LogP contribution in [0.15, 0.2) is 58.2 Å². The monoisotopic (exact) mass is 412 g/mol. The number of aromatic nitrogens is 2. The molecule has 0 aliphatic rings. The van der Waals surface area contributed by atoms with Crippen LogP contribution in [0.4, 0.5) is 11.4 Å². The molecule has 3 aromatic rings. The maximum atomic E-state index is 12.2. The molecule has 0 saturated carbocycles. The van der Waals surface area contributed by atoms with Gasteiger partial charge >= 0.3 is 0 Å². The summed E-state index contributed by atoms with van der Waals surface area (Å²) < 4.78 is 11.1. The number of thioether (sulfide) groups is 1. The molecule has 150 valence electrons. The predicted molar refractivity (Wildman–Crippen MR) is 111 cm³/mol. The lowest BCUT2D eigenvalue weighted by Gasteiger charge is -2.10. The molecule has 29 heavy (non-hydrogen) atoms. The Morgan fingerprint density at radius 2 is 1.83 bits per heavy atom. The maximum absolute atomic E-state index is 12.2. The zero-order valence-corrected chi connectivity index (χ0v) is 16.8. The molecular formula is C20H20N4O4S. The Kier molecular flexibility index (Phi) is 6.85. The summed E-state index contributed by atoms with van der Waals surface area (Å²) in [6.45, 7) is 3.84. The highest BCUT2D eigenvalue weighted by molar-refractivity contribution is 7.99. The van der Waals surface area contributed by atoms with E-state index in [2.05, 4.69) is 20.8 Å². The fraction of sp³-hybridized carbons (Fsp3) is 0.200. The highest BCUT2D eigenvalue weighted by Gasteiger charge is 2.13. The number of nitrogens with zero attached hydrogens (tertiary/aromatic N) is 2. The Bertz CT molecular complexity index is 988. The average molecular weight is 412 g/mol. The first-order chi connectivity index (χ1) is 14.0. The van der Waals surface area contributed by atoms with Gasteiger partial charge in [-0.1, -0.05) is 23.9 Å². The summed E-state index contributed by atoms with van der Waals surface area (Å²) in [5, 5.41) is 13.8. The first-order valence-electron chi connectivity index (χ1n) is 8.91. The molecule has 1 aromatic heterocycles. The van der Waals surface area contributed by atoms with Gasteiger partial charge < -0.3 is 19.8 Å². The molecule has 0 saturated heterocycles. The molecule has 0 aliphatic heterocycles. The standard InChI is InChI=1S/C20H20N4O4S/c1-3-27-17-7-5-4-6-16(17)22-18(26)12-29-20-24-23-19(28-20)14-8-10-15(11-9-14)21-13(2)25/h4-11H,3,12H2,1-2H3,(H,21,25)(H,22,26). The third kappa shape index (κ3) is 5.82. The van der Waals surface area contributed by atoms with Gasteiger partial charge in [0.2, 0.25) is 17.7 Å². The number of carbonyl (C=O) groups excluding carboxylic acids is 2. The van der Waals surface area contributed by atoms with Crippen molar-refractivity contribution in [1.29, 1.82) is 0 Å². The van der Waals surface area contributed by atoms with Gasteiger partial charge in [-0.3, -0.25) is 9.59 Å². The molecule has 8 nitrogen and oxygen atoms in total. The van der Waals surface area contributed by atoms with Crippen LogP contribution in [-0.2, 0) is 9.59 Å². The number of hydrogen-bond donors (Lipinski definition) is 2. The number of hydrogen-bond acceptors (Lipinski definition) is 7. The number of ether oxygens (including phenoxy) is 1. The van der Waals surface area contributed by atoms with Gasteiger partial charge in [0.1, 0.15) is 5.75 Å². The third-order valence-corrected chi connectivity index (χ3v) is 4.46. The average Bonchev–Trinajstić information content (AvgIpc) is 3.17. The minimum Gasteiger partial charge on any atom is -0.492 e. The summed E-state index contributed by atoms with van der Waals surface area (Å²) >= 11 is 1.14. The van der Waals surface area contributed by atoms with E-state index in [0.29, 0.717) is 40.4 Å². The van der Waals surface area contributed by atoms with Crippen molar-refractivity contribution in [3.05, 3.63) is 48.5 Å². The van der Waals surface area contributed by atoms with Gasteiger partial charge in [0.25, 0.3) is 5.22 Å². The van der Waals surface area contributed by atoms with Crippen molar-refractivity contribution in [3.63, 3.8) is 0 Å². The van der Waals surface area contributed by atoms with Gasteiger partial charge in [-0.15, -0.1) is 10.2 Å². The number of carbonyl (C=O) groups is 2. The van der Waals surface area contributed by atoms with E-state index in [1.54, 1.807) is 36.4 Å². The predicted octanol–water partition coefficient (Wildman–Crippen LogP) is 3.82. The molecule has 2 amide bonds. The van der Waals surface area contributed by atoms with Gasteiger partial charge in [0, 0.05) is 18.2 Å². The lowest BCUT2D eigenvalue weighted by atomic mass is 10.2. The van der Waals surface area contributed by atoms with Crippen LogP contribution in [0.25, 0.3) is 11.5 Å². The molecule has 3 rings (SSSR count). The van der Waals surface area contributed by atoms with E-state index in [0.717, 1.165) is 11.8 Å². The van der Waals surface area contributed by atoms with Crippen LogP contribution in [0.3, 0.4) is 0 Å². The van der Waals surface area contributed by atoms with E-state index in [1.165, 1.54) is 6.92 Å². The van der Waals surface area contributed by atoms with Crippen molar-refractivity contribution >= 4 is 35.0 Å². The van der Waals surface area contributed by atoms with E-state index in [4.69, 9.17) is 9.15 Å². The second-order valence-corrected chi connectivity index (χ2v) is 6.82.